The zero-order valence-corrected chi connectivity index (χ0v) is 10.2. The number of nitrogens with two attached hydrogens (primary N) is 1. The summed E-state index contributed by atoms with van der Waals surface area (Å²) in [6.07, 6.45) is 3.24. The van der Waals surface area contributed by atoms with Crippen LogP contribution in [0.4, 0.5) is 0 Å². The van der Waals surface area contributed by atoms with Gasteiger partial charge in [0.2, 0.25) is 11.8 Å². The molecule has 17 heavy (non-hydrogen) atoms. The van der Waals surface area contributed by atoms with Gasteiger partial charge in [0.1, 0.15) is 0 Å². The van der Waals surface area contributed by atoms with Crippen LogP contribution in [0.1, 0.15) is 25.7 Å². The molecule has 1 unspecified atom stereocenters. The Hall–Kier alpha value is -1.10. The molecule has 2 amide bonds. The van der Waals surface area contributed by atoms with Crippen LogP contribution in [0.2, 0.25) is 0 Å². The minimum absolute atomic E-state index is 0.148. The molecule has 2 heterocycles. The average molecular weight is 239 g/mol. The highest BCUT2D eigenvalue weighted by Crippen LogP contribution is 2.17. The van der Waals surface area contributed by atoms with E-state index in [9.17, 15) is 9.59 Å². The summed E-state index contributed by atoms with van der Waals surface area (Å²) >= 11 is 0. The Morgan fingerprint density at radius 1 is 1.35 bits per heavy atom. The van der Waals surface area contributed by atoms with E-state index >= 15 is 0 Å². The summed E-state index contributed by atoms with van der Waals surface area (Å²) in [6, 6.07) is 0. The average Bonchev–Trinajstić information content (AvgIpc) is 2.95. The molecule has 0 bridgehead atoms. The molecule has 1 atom stereocenters. The number of nitrogens with zero attached hydrogens (tertiary/aromatic N) is 2. The smallest absolute Gasteiger partial charge is 0.224 e. The number of hydrogen-bond donors (Lipinski definition) is 1. The number of likely N-dealkylation sites (tertiary alicyclic amines) is 2. The third-order valence-electron chi connectivity index (χ3n) is 3.68. The fourth-order valence-electron chi connectivity index (χ4n) is 2.58. The van der Waals surface area contributed by atoms with E-state index in [2.05, 4.69) is 0 Å². The SMILES string of the molecule is NCC1CC(=O)N(CCC(=O)N2CCCC2)C1. The van der Waals surface area contributed by atoms with Crippen LogP contribution < -0.4 is 5.73 Å². The Morgan fingerprint density at radius 2 is 2.06 bits per heavy atom. The van der Waals surface area contributed by atoms with Gasteiger partial charge in [0.25, 0.3) is 0 Å². The first-order valence-electron chi connectivity index (χ1n) is 6.46. The summed E-state index contributed by atoms with van der Waals surface area (Å²) in [7, 11) is 0. The summed E-state index contributed by atoms with van der Waals surface area (Å²) in [5.41, 5.74) is 5.56. The molecule has 0 aromatic carbocycles. The molecule has 0 spiro atoms. The van der Waals surface area contributed by atoms with Crippen LogP contribution in [-0.2, 0) is 9.59 Å². The number of carbonyl (C=O) groups is 2. The molecule has 2 aliphatic heterocycles. The number of hydrogen-bond acceptors (Lipinski definition) is 3. The predicted octanol–water partition coefficient (Wildman–Crippen LogP) is -0.194. The first kappa shape index (κ1) is 12.4. The van der Waals surface area contributed by atoms with Crippen LogP contribution >= 0.6 is 0 Å². The number of rotatable bonds is 4. The molecule has 2 aliphatic rings. The second-order valence-corrected chi connectivity index (χ2v) is 4.98. The number of amides is 2. The van der Waals surface area contributed by atoms with Crippen LogP contribution in [0.25, 0.3) is 0 Å². The molecule has 2 N–H and O–H groups in total. The number of carbonyl (C=O) groups excluding carboxylic acids is 2. The lowest BCUT2D eigenvalue weighted by atomic mass is 10.1. The van der Waals surface area contributed by atoms with Gasteiger partial charge < -0.3 is 15.5 Å². The fraction of sp³-hybridized carbons (Fsp3) is 0.833. The zero-order chi connectivity index (χ0) is 12.3. The highest BCUT2D eigenvalue weighted by molar-refractivity contribution is 5.80. The molecule has 5 nitrogen and oxygen atoms in total. The largest absolute Gasteiger partial charge is 0.343 e. The van der Waals surface area contributed by atoms with Gasteiger partial charge in [-0.05, 0) is 25.3 Å². The van der Waals surface area contributed by atoms with Gasteiger partial charge in [-0.3, -0.25) is 9.59 Å². The summed E-state index contributed by atoms with van der Waals surface area (Å²) in [5, 5.41) is 0. The Morgan fingerprint density at radius 3 is 2.65 bits per heavy atom. The Labute approximate surface area is 102 Å². The van der Waals surface area contributed by atoms with Crippen molar-refractivity contribution in [2.75, 3.05) is 32.7 Å². The van der Waals surface area contributed by atoms with E-state index in [1.165, 1.54) is 0 Å². The van der Waals surface area contributed by atoms with E-state index in [1.54, 1.807) is 4.90 Å². The Bertz CT molecular complexity index is 300. The molecule has 0 radical (unpaired) electrons. The van der Waals surface area contributed by atoms with Gasteiger partial charge in [-0.2, -0.15) is 0 Å². The van der Waals surface area contributed by atoms with Gasteiger partial charge in [-0.15, -0.1) is 0 Å². The van der Waals surface area contributed by atoms with E-state index < -0.39 is 0 Å². The molecule has 2 rings (SSSR count). The summed E-state index contributed by atoms with van der Waals surface area (Å²) in [4.78, 5) is 27.1. The molecule has 0 aromatic rings. The normalized spacial score (nSPS) is 24.8. The van der Waals surface area contributed by atoms with E-state index in [0.29, 0.717) is 25.9 Å². The minimum Gasteiger partial charge on any atom is -0.343 e. The molecular formula is C12H21N3O2. The summed E-state index contributed by atoms with van der Waals surface area (Å²) in [5.74, 6) is 0.616. The predicted molar refractivity (Wildman–Crippen MR) is 64.2 cm³/mol. The lowest BCUT2D eigenvalue weighted by Gasteiger charge is -2.19. The van der Waals surface area contributed by atoms with E-state index in [-0.39, 0.29) is 17.7 Å². The van der Waals surface area contributed by atoms with Gasteiger partial charge in [0, 0.05) is 39.0 Å². The highest BCUT2D eigenvalue weighted by Gasteiger charge is 2.29. The van der Waals surface area contributed by atoms with Gasteiger partial charge >= 0.3 is 0 Å². The van der Waals surface area contributed by atoms with Crippen LogP contribution in [0.5, 0.6) is 0 Å². The molecule has 96 valence electrons. The van der Waals surface area contributed by atoms with Crippen molar-refractivity contribution in [2.24, 2.45) is 11.7 Å². The van der Waals surface area contributed by atoms with Crippen molar-refractivity contribution in [3.63, 3.8) is 0 Å². The Balaban J connectivity index is 1.74. The molecule has 0 aliphatic carbocycles. The molecule has 0 saturated carbocycles. The van der Waals surface area contributed by atoms with E-state index in [1.807, 2.05) is 4.90 Å². The second-order valence-electron chi connectivity index (χ2n) is 4.98. The van der Waals surface area contributed by atoms with Crippen molar-refractivity contribution in [3.8, 4) is 0 Å². The fourth-order valence-corrected chi connectivity index (χ4v) is 2.58. The monoisotopic (exact) mass is 239 g/mol. The first-order valence-corrected chi connectivity index (χ1v) is 6.46. The van der Waals surface area contributed by atoms with Crippen molar-refractivity contribution < 1.29 is 9.59 Å². The maximum Gasteiger partial charge on any atom is 0.224 e. The van der Waals surface area contributed by atoms with Crippen molar-refractivity contribution in [1.82, 2.24) is 9.80 Å². The third-order valence-corrected chi connectivity index (χ3v) is 3.68. The molecule has 2 fully saturated rings. The maximum atomic E-state index is 11.8. The minimum atomic E-state index is 0.148. The van der Waals surface area contributed by atoms with Crippen LogP contribution in [0.3, 0.4) is 0 Å². The first-order chi connectivity index (χ1) is 8.20. The Kier molecular flexibility index (Phi) is 3.99. The van der Waals surface area contributed by atoms with Crippen molar-refractivity contribution in [3.05, 3.63) is 0 Å². The van der Waals surface area contributed by atoms with E-state index in [4.69, 9.17) is 5.73 Å². The van der Waals surface area contributed by atoms with Gasteiger partial charge in [-0.25, -0.2) is 0 Å². The second kappa shape index (κ2) is 5.49. The molecular weight excluding hydrogens is 218 g/mol. The van der Waals surface area contributed by atoms with E-state index in [0.717, 1.165) is 32.5 Å². The summed E-state index contributed by atoms with van der Waals surface area (Å²) < 4.78 is 0. The summed E-state index contributed by atoms with van der Waals surface area (Å²) in [6.45, 7) is 3.62. The maximum absolute atomic E-state index is 11.8. The standard InChI is InChI=1S/C12H21N3O2/c13-8-10-7-12(17)15(9-10)6-3-11(16)14-4-1-2-5-14/h10H,1-9,13H2. The van der Waals surface area contributed by atoms with Crippen LogP contribution in [0, 0.1) is 5.92 Å². The third kappa shape index (κ3) is 2.97. The van der Waals surface area contributed by atoms with Crippen molar-refractivity contribution in [2.45, 2.75) is 25.7 Å². The lowest BCUT2D eigenvalue weighted by molar-refractivity contribution is -0.132. The van der Waals surface area contributed by atoms with Crippen LogP contribution in [-0.4, -0.2) is 54.3 Å². The van der Waals surface area contributed by atoms with Crippen LogP contribution in [0.15, 0.2) is 0 Å². The zero-order valence-electron chi connectivity index (χ0n) is 10.2. The van der Waals surface area contributed by atoms with Gasteiger partial charge in [0.15, 0.2) is 0 Å². The highest BCUT2D eigenvalue weighted by atomic mass is 16.2. The molecule has 0 aromatic heterocycles. The molecule has 2 saturated heterocycles. The van der Waals surface area contributed by atoms with Gasteiger partial charge in [-0.1, -0.05) is 0 Å². The van der Waals surface area contributed by atoms with Crippen molar-refractivity contribution in [1.29, 1.82) is 0 Å². The lowest BCUT2D eigenvalue weighted by Crippen LogP contribution is -2.33. The molecule has 5 heteroatoms. The quantitative estimate of drug-likeness (QED) is 0.739. The topological polar surface area (TPSA) is 66.6 Å². The van der Waals surface area contributed by atoms with Gasteiger partial charge in [0.05, 0.1) is 0 Å². The van der Waals surface area contributed by atoms with Crippen molar-refractivity contribution >= 4 is 11.8 Å².